The van der Waals surface area contributed by atoms with Gasteiger partial charge in [0.1, 0.15) is 0 Å². The van der Waals surface area contributed by atoms with Crippen LogP contribution in [0, 0.1) is 0 Å². The molecule has 0 aromatic carbocycles. The summed E-state index contributed by atoms with van der Waals surface area (Å²) < 4.78 is 31.6. The molecule has 0 saturated carbocycles. The van der Waals surface area contributed by atoms with Crippen molar-refractivity contribution >= 4 is 10.4 Å². The smallest absolute Gasteiger partial charge is 0.394 e. The molecule has 0 aliphatic carbocycles. The van der Waals surface area contributed by atoms with Gasteiger partial charge in [-0.25, -0.2) is 0 Å². The van der Waals surface area contributed by atoms with Crippen LogP contribution in [0.15, 0.2) is 0 Å². The molecule has 0 saturated heterocycles. The Morgan fingerprint density at radius 1 is 0.750 bits per heavy atom. The molecule has 9 nitrogen and oxygen atoms in total. The van der Waals surface area contributed by atoms with Gasteiger partial charge >= 0.3 is 10.4 Å². The van der Waals surface area contributed by atoms with Crippen LogP contribution in [-0.4, -0.2) is 44.9 Å². The molecule has 0 heterocycles. The third-order valence-electron chi connectivity index (χ3n) is 0. The molecule has 12 N–H and O–H groups in total. The first-order chi connectivity index (χ1) is 2.00. The maximum absolute atomic E-state index is 8.74. The molecule has 0 atom stereocenters. The summed E-state index contributed by atoms with van der Waals surface area (Å²) in [4.78, 5) is 0. The fourth-order valence-electron chi connectivity index (χ4n) is 0. The van der Waals surface area contributed by atoms with E-state index in [2.05, 4.69) is 0 Å². The monoisotopic (exact) mass is 309 g/mol. The molecule has 0 aromatic rings. The SMILES string of the molecule is O.O.O.O.O.O=S(=O)(O)O.[Cu].[Ni]. The molecule has 12 heavy (non-hydrogen) atoms. The van der Waals surface area contributed by atoms with E-state index in [-0.39, 0.29) is 60.9 Å². The Bertz CT molecular complexity index is 97.7. The quantitative estimate of drug-likeness (QED) is 0.331. The van der Waals surface area contributed by atoms with E-state index in [1.54, 1.807) is 0 Å². The number of hydrogen-bond acceptors (Lipinski definition) is 2. The second-order valence-corrected chi connectivity index (χ2v) is 1.34. The number of rotatable bonds is 0. The first-order valence-electron chi connectivity index (χ1n) is 0.698. The van der Waals surface area contributed by atoms with Gasteiger partial charge in [0.25, 0.3) is 0 Å². The molecule has 0 amide bonds. The van der Waals surface area contributed by atoms with E-state index in [1.165, 1.54) is 0 Å². The van der Waals surface area contributed by atoms with Crippen LogP contribution in [0.1, 0.15) is 0 Å². The Morgan fingerprint density at radius 2 is 0.750 bits per heavy atom. The van der Waals surface area contributed by atoms with Crippen molar-refractivity contribution in [1.82, 2.24) is 0 Å². The first-order valence-corrected chi connectivity index (χ1v) is 2.10. The molecule has 0 aliphatic rings. The molecule has 0 fully saturated rings. The van der Waals surface area contributed by atoms with E-state index in [1.807, 2.05) is 0 Å². The third kappa shape index (κ3) is 2150. The van der Waals surface area contributed by atoms with Crippen molar-refractivity contribution in [3.63, 3.8) is 0 Å². The van der Waals surface area contributed by atoms with E-state index < -0.39 is 10.4 Å². The van der Waals surface area contributed by atoms with Crippen molar-refractivity contribution in [2.75, 3.05) is 0 Å². The summed E-state index contributed by atoms with van der Waals surface area (Å²) in [7, 11) is -4.67. The second kappa shape index (κ2) is 29.9. The van der Waals surface area contributed by atoms with Crippen molar-refractivity contribution in [3.05, 3.63) is 0 Å². The molecule has 0 rings (SSSR count). The average Bonchev–Trinajstić information content (AvgIpc) is 0.722. The van der Waals surface area contributed by atoms with Gasteiger partial charge in [-0.05, 0) is 0 Å². The molecule has 12 heteroatoms. The third-order valence-corrected chi connectivity index (χ3v) is 0. The van der Waals surface area contributed by atoms with Crippen LogP contribution >= 0.6 is 0 Å². The minimum Gasteiger partial charge on any atom is -0.412 e. The Balaban J connectivity index is -0.00000000381. The van der Waals surface area contributed by atoms with Crippen LogP contribution in [0.3, 0.4) is 0 Å². The summed E-state index contributed by atoms with van der Waals surface area (Å²) >= 11 is 0. The van der Waals surface area contributed by atoms with E-state index >= 15 is 0 Å². The topological polar surface area (TPSA) is 232 Å². The molecule has 0 aliphatic heterocycles. The molecule has 1 radical (unpaired) electrons. The van der Waals surface area contributed by atoms with E-state index in [9.17, 15) is 0 Å². The van der Waals surface area contributed by atoms with Gasteiger partial charge in [-0.1, -0.05) is 0 Å². The van der Waals surface area contributed by atoms with Crippen LogP contribution in [0.5, 0.6) is 0 Å². The Labute approximate surface area is 89.1 Å². The first kappa shape index (κ1) is 78.9. The van der Waals surface area contributed by atoms with Gasteiger partial charge in [-0.3, -0.25) is 9.11 Å². The summed E-state index contributed by atoms with van der Waals surface area (Å²) in [6, 6.07) is 0. The summed E-state index contributed by atoms with van der Waals surface area (Å²) in [5, 5.41) is 0. The summed E-state index contributed by atoms with van der Waals surface area (Å²) in [6.07, 6.45) is 0. The van der Waals surface area contributed by atoms with E-state index in [0.717, 1.165) is 0 Å². The zero-order valence-electron chi connectivity index (χ0n) is 5.24. The van der Waals surface area contributed by atoms with Crippen LogP contribution < -0.4 is 0 Å². The van der Waals surface area contributed by atoms with Gasteiger partial charge in [0.05, 0.1) is 0 Å². The van der Waals surface area contributed by atoms with Gasteiger partial charge in [0.2, 0.25) is 0 Å². The van der Waals surface area contributed by atoms with Crippen molar-refractivity contribution in [2.24, 2.45) is 0 Å². The van der Waals surface area contributed by atoms with Crippen LogP contribution in [-0.2, 0) is 44.0 Å². The summed E-state index contributed by atoms with van der Waals surface area (Å²) in [5.41, 5.74) is 0. The zero-order valence-corrected chi connectivity index (χ0v) is 7.98. The van der Waals surface area contributed by atoms with Gasteiger partial charge in [0, 0.05) is 33.6 Å². The molecular formula is H12CuNiO9S. The van der Waals surface area contributed by atoms with Crippen LogP contribution in [0.25, 0.3) is 0 Å². The van der Waals surface area contributed by atoms with Crippen LogP contribution in [0.4, 0.5) is 0 Å². The van der Waals surface area contributed by atoms with Crippen molar-refractivity contribution in [1.29, 1.82) is 0 Å². The summed E-state index contributed by atoms with van der Waals surface area (Å²) in [6.45, 7) is 0. The van der Waals surface area contributed by atoms with Gasteiger partial charge < -0.3 is 27.4 Å². The van der Waals surface area contributed by atoms with Gasteiger partial charge in [-0.15, -0.1) is 0 Å². The Hall–Kier alpha value is 0.683. The Kier molecular flexibility index (Phi) is 196. The fraction of sp³-hybridized carbons (Fsp3) is 0. The minimum absolute atomic E-state index is 0. The average molecular weight is 310 g/mol. The van der Waals surface area contributed by atoms with Crippen LogP contribution in [0.2, 0.25) is 0 Å². The molecule has 0 aromatic heterocycles. The largest absolute Gasteiger partial charge is 0.412 e. The predicted molar refractivity (Wildman–Crippen MR) is 32.2 cm³/mol. The number of hydrogen-bond donors (Lipinski definition) is 2. The van der Waals surface area contributed by atoms with Crippen molar-refractivity contribution in [3.8, 4) is 0 Å². The predicted octanol–water partition coefficient (Wildman–Crippen LogP) is -4.78. The summed E-state index contributed by atoms with van der Waals surface area (Å²) in [5.74, 6) is 0. The molecule has 93 valence electrons. The Morgan fingerprint density at radius 3 is 0.750 bits per heavy atom. The maximum atomic E-state index is 8.74. The second-order valence-electron chi connectivity index (χ2n) is 0.448. The standard InChI is InChI=1S/Cu.Ni.H2O4S.5H2O/c;;1-5(2,3)4;;;;;/h;;(H2,1,2,3,4);5*1H2. The van der Waals surface area contributed by atoms with E-state index in [0.29, 0.717) is 0 Å². The van der Waals surface area contributed by atoms with Crippen molar-refractivity contribution in [2.45, 2.75) is 0 Å². The molecule has 0 bridgehead atoms. The minimum atomic E-state index is -4.67. The zero-order chi connectivity index (χ0) is 4.50. The maximum Gasteiger partial charge on any atom is 0.394 e. The molecular weight excluding hydrogens is 298 g/mol. The fourth-order valence-corrected chi connectivity index (χ4v) is 0. The molecule has 0 unspecified atom stereocenters. The van der Waals surface area contributed by atoms with Gasteiger partial charge in [0.15, 0.2) is 0 Å². The normalized spacial score (nSPS) is 4.83. The van der Waals surface area contributed by atoms with E-state index in [4.69, 9.17) is 17.5 Å². The van der Waals surface area contributed by atoms with Gasteiger partial charge in [-0.2, -0.15) is 8.42 Å². The van der Waals surface area contributed by atoms with Crippen molar-refractivity contribution < 1.29 is 78.5 Å². The molecule has 0 spiro atoms.